The first-order valence-corrected chi connectivity index (χ1v) is 17.4. The van der Waals surface area contributed by atoms with Gasteiger partial charge in [-0.25, -0.2) is 0 Å². The van der Waals surface area contributed by atoms with Crippen molar-refractivity contribution in [3.8, 4) is 11.1 Å². The highest BCUT2D eigenvalue weighted by Gasteiger charge is 2.22. The molecule has 14 heteroatoms. The summed E-state index contributed by atoms with van der Waals surface area (Å²) in [6, 6.07) is 30.3. The molecule has 0 unspecified atom stereocenters. The van der Waals surface area contributed by atoms with E-state index in [1.165, 1.54) is 6.07 Å². The van der Waals surface area contributed by atoms with Crippen molar-refractivity contribution in [1.29, 1.82) is 0 Å². The first kappa shape index (κ1) is 32.4. The number of nitrogens with two attached hydrogens (primary N) is 1. The van der Waals surface area contributed by atoms with E-state index in [-0.39, 0.29) is 32.2 Å². The van der Waals surface area contributed by atoms with Gasteiger partial charge in [-0.3, -0.25) is 9.11 Å². The number of azo groups is 2. The molecule has 6 rings (SSSR count). The van der Waals surface area contributed by atoms with E-state index >= 15 is 0 Å². The van der Waals surface area contributed by atoms with Gasteiger partial charge >= 0.3 is 0 Å². The number of fused-ring (bicyclic) bond motifs is 2. The highest BCUT2D eigenvalue weighted by molar-refractivity contribution is 7.86. The lowest BCUT2D eigenvalue weighted by atomic mass is 10.1. The molecule has 242 valence electrons. The Bertz CT molecular complexity index is 2470. The van der Waals surface area contributed by atoms with Crippen LogP contribution in [0.2, 0.25) is 0 Å². The van der Waals surface area contributed by atoms with Crippen LogP contribution in [0.25, 0.3) is 32.7 Å². The van der Waals surface area contributed by atoms with Gasteiger partial charge in [-0.05, 0) is 54.4 Å². The number of anilines is 2. The van der Waals surface area contributed by atoms with Gasteiger partial charge in [0.1, 0.15) is 21.2 Å². The summed E-state index contributed by atoms with van der Waals surface area (Å²) in [7, 11) is -9.15. The van der Waals surface area contributed by atoms with E-state index < -0.39 is 20.2 Å². The summed E-state index contributed by atoms with van der Waals surface area (Å²) in [4.78, 5) is -0.631. The van der Waals surface area contributed by atoms with E-state index in [2.05, 4.69) is 25.8 Å². The predicted molar refractivity (Wildman–Crippen MR) is 186 cm³/mol. The molecule has 0 atom stereocenters. The molecule has 0 saturated heterocycles. The second kappa shape index (κ2) is 12.9. The fourth-order valence-electron chi connectivity index (χ4n) is 5.33. The second-order valence-electron chi connectivity index (χ2n) is 10.6. The third-order valence-corrected chi connectivity index (χ3v) is 9.36. The molecule has 6 aromatic carbocycles. The zero-order valence-corrected chi connectivity index (χ0v) is 26.9. The molecule has 6 aromatic rings. The lowest BCUT2D eigenvalue weighted by Crippen LogP contribution is -2.03. The van der Waals surface area contributed by atoms with E-state index in [1.807, 2.05) is 31.2 Å². The molecule has 0 aromatic heterocycles. The van der Waals surface area contributed by atoms with Gasteiger partial charge < -0.3 is 11.1 Å². The van der Waals surface area contributed by atoms with Crippen LogP contribution in [-0.2, 0) is 20.2 Å². The largest absolute Gasteiger partial charge is 0.396 e. The van der Waals surface area contributed by atoms with Gasteiger partial charge in [-0.15, -0.1) is 10.2 Å². The van der Waals surface area contributed by atoms with Crippen molar-refractivity contribution in [3.05, 3.63) is 109 Å². The number of nitrogen functional groups attached to an aromatic ring is 1. The van der Waals surface area contributed by atoms with E-state index in [0.717, 1.165) is 11.1 Å². The van der Waals surface area contributed by atoms with Crippen molar-refractivity contribution in [3.63, 3.8) is 0 Å². The Balaban J connectivity index is 1.24. The van der Waals surface area contributed by atoms with Crippen LogP contribution in [0.4, 0.5) is 34.1 Å². The molecule has 48 heavy (non-hydrogen) atoms. The highest BCUT2D eigenvalue weighted by Crippen LogP contribution is 2.39. The third kappa shape index (κ3) is 6.63. The van der Waals surface area contributed by atoms with Crippen LogP contribution in [0.3, 0.4) is 0 Å². The lowest BCUT2D eigenvalue weighted by Gasteiger charge is -2.13. The third-order valence-electron chi connectivity index (χ3n) is 7.52. The fraction of sp³-hybridized carbons (Fsp3) is 0.0588. The van der Waals surface area contributed by atoms with Crippen molar-refractivity contribution < 1.29 is 25.9 Å². The lowest BCUT2D eigenvalue weighted by molar-refractivity contribution is 0.482. The van der Waals surface area contributed by atoms with Crippen LogP contribution in [0.15, 0.2) is 139 Å². The summed E-state index contributed by atoms with van der Waals surface area (Å²) < 4.78 is 68.6. The standard InChI is InChI=1S/C34H28N6O6S2/c1-2-36-29-19-31(34(48(44,45)46)28-10-6-3-7-25(28)29)40-38-24-17-13-22(14-18-24)21-11-15-23(16-12-21)37-39-30-20-32(47(41,42)43)26-8-4-5-9-27(26)33(30)35/h3-20,36H,2,35H2,1H3,(H,41,42,43)(H,44,45,46). The first-order chi connectivity index (χ1) is 22.9. The quantitative estimate of drug-likeness (QED) is 0.0659. The van der Waals surface area contributed by atoms with Crippen LogP contribution in [0, 0.1) is 0 Å². The average Bonchev–Trinajstić information content (AvgIpc) is 3.06. The molecule has 5 N–H and O–H groups in total. The number of nitrogens with zero attached hydrogens (tertiary/aromatic N) is 4. The van der Waals surface area contributed by atoms with Gasteiger partial charge in [0.2, 0.25) is 0 Å². The number of benzene rings is 6. The Morgan fingerprint density at radius 1 is 0.604 bits per heavy atom. The average molecular weight is 681 g/mol. The minimum absolute atomic E-state index is 0.000587. The molecule has 0 fully saturated rings. The maximum Gasteiger partial charge on any atom is 0.297 e. The van der Waals surface area contributed by atoms with E-state index in [4.69, 9.17) is 5.73 Å². The van der Waals surface area contributed by atoms with Crippen LogP contribution < -0.4 is 11.1 Å². The maximum absolute atomic E-state index is 12.4. The molecule has 0 bridgehead atoms. The number of hydrogen-bond donors (Lipinski definition) is 4. The van der Waals surface area contributed by atoms with Crippen LogP contribution in [-0.4, -0.2) is 32.5 Å². The highest BCUT2D eigenvalue weighted by atomic mass is 32.2. The monoisotopic (exact) mass is 680 g/mol. The van der Waals surface area contributed by atoms with Gasteiger partial charge in [0.05, 0.1) is 17.1 Å². The zero-order valence-electron chi connectivity index (χ0n) is 25.3. The summed E-state index contributed by atoms with van der Waals surface area (Å²) in [6.07, 6.45) is 0. The molecule has 0 spiro atoms. The van der Waals surface area contributed by atoms with Crippen molar-refractivity contribution >= 4 is 75.9 Å². The number of rotatable bonds is 9. The number of nitrogens with one attached hydrogen (secondary N) is 1. The molecule has 0 heterocycles. The molecule has 0 radical (unpaired) electrons. The topological polar surface area (TPSA) is 196 Å². The van der Waals surface area contributed by atoms with Gasteiger partial charge in [0.25, 0.3) is 20.2 Å². The van der Waals surface area contributed by atoms with Gasteiger partial charge in [-0.1, -0.05) is 72.8 Å². The minimum atomic E-state index is -4.62. The molecular formula is C34H28N6O6S2. The van der Waals surface area contributed by atoms with Crippen molar-refractivity contribution in [2.75, 3.05) is 17.6 Å². The Hall–Kier alpha value is -5.54. The molecule has 0 saturated carbocycles. The van der Waals surface area contributed by atoms with E-state index in [1.54, 1.807) is 78.9 Å². The van der Waals surface area contributed by atoms with Crippen molar-refractivity contribution in [2.45, 2.75) is 16.7 Å². The smallest absolute Gasteiger partial charge is 0.297 e. The fourth-order valence-corrected chi connectivity index (χ4v) is 6.86. The van der Waals surface area contributed by atoms with Crippen LogP contribution in [0.1, 0.15) is 6.92 Å². The Kier molecular flexibility index (Phi) is 8.73. The first-order valence-electron chi connectivity index (χ1n) is 14.5. The maximum atomic E-state index is 12.4. The Morgan fingerprint density at radius 3 is 1.62 bits per heavy atom. The summed E-state index contributed by atoms with van der Waals surface area (Å²) in [5.74, 6) is 0. The SMILES string of the molecule is CCNc1cc(N=Nc2ccc(-c3ccc(N=Nc4cc(S(=O)(=O)O)c5ccccc5c4N)cc3)cc2)c(S(=O)(=O)O)c2ccccc12. The van der Waals surface area contributed by atoms with Crippen LogP contribution in [0.5, 0.6) is 0 Å². The van der Waals surface area contributed by atoms with Crippen molar-refractivity contribution in [2.24, 2.45) is 20.5 Å². The minimum Gasteiger partial charge on any atom is -0.396 e. The molecule has 0 aliphatic heterocycles. The predicted octanol–water partition coefficient (Wildman–Crippen LogP) is 9.00. The summed E-state index contributed by atoms with van der Waals surface area (Å²) in [5.41, 5.74) is 9.88. The van der Waals surface area contributed by atoms with Crippen LogP contribution >= 0.6 is 0 Å². The van der Waals surface area contributed by atoms with Gasteiger partial charge in [0.15, 0.2) is 0 Å². The normalized spacial score (nSPS) is 12.4. The number of hydrogen-bond acceptors (Lipinski definition) is 10. The van der Waals surface area contributed by atoms with Gasteiger partial charge in [0, 0.05) is 33.8 Å². The Labute approximate surface area is 276 Å². The second-order valence-corrected chi connectivity index (χ2v) is 13.4. The Morgan fingerprint density at radius 2 is 1.10 bits per heavy atom. The van der Waals surface area contributed by atoms with Gasteiger partial charge in [-0.2, -0.15) is 27.1 Å². The summed E-state index contributed by atoms with van der Waals surface area (Å²) in [5, 5.41) is 21.7. The van der Waals surface area contributed by atoms with E-state index in [0.29, 0.717) is 39.8 Å². The van der Waals surface area contributed by atoms with Crippen molar-refractivity contribution in [1.82, 2.24) is 0 Å². The summed E-state index contributed by atoms with van der Waals surface area (Å²) >= 11 is 0. The molecule has 0 amide bonds. The molecule has 12 nitrogen and oxygen atoms in total. The zero-order chi connectivity index (χ0) is 34.1. The summed E-state index contributed by atoms with van der Waals surface area (Å²) in [6.45, 7) is 2.51. The van der Waals surface area contributed by atoms with E-state index in [9.17, 15) is 25.9 Å². The molecule has 0 aliphatic carbocycles. The molecule has 0 aliphatic rings. The molecular weight excluding hydrogens is 653 g/mol.